The molecule has 54 heavy (non-hydrogen) atoms. The van der Waals surface area contributed by atoms with Crippen LogP contribution in [0.4, 0.5) is 34.4 Å². The second-order valence-corrected chi connectivity index (χ2v) is 15.8. The molecular formula is C48H38B2N4. The summed E-state index contributed by atoms with van der Waals surface area (Å²) in [6.07, 6.45) is 3.93. The van der Waals surface area contributed by atoms with Gasteiger partial charge in [-0.05, 0) is 109 Å². The van der Waals surface area contributed by atoms with Crippen molar-refractivity contribution in [1.29, 1.82) is 0 Å². The first kappa shape index (κ1) is 31.4. The summed E-state index contributed by atoms with van der Waals surface area (Å²) in [4.78, 5) is 15.6. The minimum absolute atomic E-state index is 0.00882. The van der Waals surface area contributed by atoms with E-state index < -0.39 is 0 Å². The van der Waals surface area contributed by atoms with E-state index in [1.54, 1.807) is 0 Å². The van der Waals surface area contributed by atoms with Crippen molar-refractivity contribution in [2.75, 3.05) is 9.80 Å². The number of anilines is 6. The van der Waals surface area contributed by atoms with Gasteiger partial charge in [0.15, 0.2) is 0 Å². The molecule has 0 bridgehead atoms. The molecule has 5 heterocycles. The van der Waals surface area contributed by atoms with Gasteiger partial charge < -0.3 is 0 Å². The van der Waals surface area contributed by atoms with Crippen LogP contribution in [0.2, 0.25) is 0 Å². The maximum absolute atomic E-state index is 5.31. The van der Waals surface area contributed by atoms with Crippen LogP contribution in [0, 0.1) is 41.5 Å². The third-order valence-corrected chi connectivity index (χ3v) is 12.3. The number of fused-ring (bicyclic) bond motifs is 10. The van der Waals surface area contributed by atoms with E-state index in [2.05, 4.69) is 161 Å². The van der Waals surface area contributed by atoms with Crippen LogP contribution < -0.4 is 42.6 Å². The number of aryl methyl sites for hydroxylation is 6. The Hall–Kier alpha value is -6.13. The van der Waals surface area contributed by atoms with Gasteiger partial charge in [-0.1, -0.05) is 129 Å². The van der Waals surface area contributed by atoms with Gasteiger partial charge in [-0.25, -0.2) is 9.97 Å². The van der Waals surface area contributed by atoms with Crippen LogP contribution in [0.15, 0.2) is 122 Å². The third-order valence-electron chi connectivity index (χ3n) is 12.3. The molecule has 0 saturated heterocycles. The monoisotopic (exact) mass is 692 g/mol. The van der Waals surface area contributed by atoms with E-state index >= 15 is 0 Å². The van der Waals surface area contributed by atoms with Crippen LogP contribution in [-0.4, -0.2) is 23.4 Å². The van der Waals surface area contributed by atoms with Crippen molar-refractivity contribution in [2.24, 2.45) is 0 Å². The average molecular weight is 692 g/mol. The van der Waals surface area contributed by atoms with Crippen LogP contribution in [0.25, 0.3) is 21.5 Å². The van der Waals surface area contributed by atoms with Crippen LogP contribution >= 0.6 is 0 Å². The highest BCUT2D eigenvalue weighted by atomic mass is 15.3. The summed E-state index contributed by atoms with van der Waals surface area (Å²) in [7, 11) is 0. The van der Waals surface area contributed by atoms with Crippen molar-refractivity contribution in [3.8, 4) is 0 Å². The molecule has 0 amide bonds. The minimum atomic E-state index is -0.00882. The van der Waals surface area contributed by atoms with Gasteiger partial charge >= 0.3 is 0 Å². The second-order valence-electron chi connectivity index (χ2n) is 15.8. The van der Waals surface area contributed by atoms with E-state index in [1.807, 2.05) is 12.4 Å². The SMILES string of the molecule is Cc1cc(C)c(B2c3cccnc3N3c4cc5ccccc5c5c4N(c4cc6ccccc6c2c43)c2ncccc2B5c2c(C)cc(C)cc2C)c(C)c1. The Morgan fingerprint density at radius 2 is 0.815 bits per heavy atom. The molecule has 8 aromatic rings. The Labute approximate surface area is 317 Å². The maximum atomic E-state index is 5.31. The molecular weight excluding hydrogens is 654 g/mol. The summed E-state index contributed by atoms with van der Waals surface area (Å²) in [6.45, 7) is 13.5. The van der Waals surface area contributed by atoms with Gasteiger partial charge in [0.05, 0.1) is 22.7 Å². The molecule has 2 aromatic heterocycles. The van der Waals surface area contributed by atoms with E-state index in [9.17, 15) is 0 Å². The molecule has 6 heteroatoms. The summed E-state index contributed by atoms with van der Waals surface area (Å²) < 4.78 is 0. The Bertz CT molecular complexity index is 2700. The number of hydrogen-bond acceptors (Lipinski definition) is 4. The molecule has 3 aliphatic heterocycles. The molecule has 4 nitrogen and oxygen atoms in total. The van der Waals surface area contributed by atoms with Crippen molar-refractivity contribution in [3.63, 3.8) is 0 Å². The van der Waals surface area contributed by atoms with Gasteiger partial charge in [-0.2, -0.15) is 0 Å². The predicted octanol–water partition coefficient (Wildman–Crippen LogP) is 7.55. The Balaban J connectivity index is 1.34. The van der Waals surface area contributed by atoms with Crippen molar-refractivity contribution in [2.45, 2.75) is 41.5 Å². The second kappa shape index (κ2) is 11.2. The Morgan fingerprint density at radius 3 is 1.22 bits per heavy atom. The largest absolute Gasteiger partial charge is 0.292 e. The first-order chi connectivity index (χ1) is 26.3. The van der Waals surface area contributed by atoms with E-state index in [1.165, 1.54) is 99.1 Å². The van der Waals surface area contributed by atoms with Crippen LogP contribution in [-0.2, 0) is 0 Å². The smallest absolute Gasteiger partial charge is 0.250 e. The van der Waals surface area contributed by atoms with Crippen molar-refractivity contribution in [3.05, 3.63) is 155 Å². The fourth-order valence-electron chi connectivity index (χ4n) is 10.6. The summed E-state index contributed by atoms with van der Waals surface area (Å²) in [5, 5.41) is 4.99. The number of nitrogens with zero attached hydrogens (tertiary/aromatic N) is 4. The zero-order valence-corrected chi connectivity index (χ0v) is 31.5. The summed E-state index contributed by atoms with van der Waals surface area (Å²) in [5.74, 6) is 1.99. The lowest BCUT2D eigenvalue weighted by Crippen LogP contribution is -2.62. The molecule has 6 aromatic carbocycles. The van der Waals surface area contributed by atoms with E-state index in [0.717, 1.165) is 23.0 Å². The molecule has 0 radical (unpaired) electrons. The van der Waals surface area contributed by atoms with Crippen LogP contribution in [0.5, 0.6) is 0 Å². The molecule has 0 spiro atoms. The lowest BCUT2D eigenvalue weighted by molar-refractivity contribution is 1.12. The number of benzene rings is 6. The minimum Gasteiger partial charge on any atom is -0.292 e. The quantitative estimate of drug-likeness (QED) is 0.175. The lowest BCUT2D eigenvalue weighted by Gasteiger charge is -2.48. The third kappa shape index (κ3) is 4.11. The Kier molecular flexibility index (Phi) is 6.51. The van der Waals surface area contributed by atoms with Crippen LogP contribution in [0.3, 0.4) is 0 Å². The topological polar surface area (TPSA) is 32.3 Å². The average Bonchev–Trinajstić information content (AvgIpc) is 3.16. The lowest BCUT2D eigenvalue weighted by atomic mass is 9.32. The highest BCUT2D eigenvalue weighted by Crippen LogP contribution is 2.56. The Morgan fingerprint density at radius 1 is 0.426 bits per heavy atom. The molecule has 11 rings (SSSR count). The highest BCUT2D eigenvalue weighted by molar-refractivity contribution is 7.01. The zero-order valence-electron chi connectivity index (χ0n) is 31.5. The van der Waals surface area contributed by atoms with E-state index in [0.29, 0.717) is 0 Å². The van der Waals surface area contributed by atoms with Gasteiger partial charge in [0.25, 0.3) is 0 Å². The maximum Gasteiger partial charge on any atom is 0.250 e. The number of rotatable bonds is 2. The van der Waals surface area contributed by atoms with E-state index in [-0.39, 0.29) is 13.4 Å². The van der Waals surface area contributed by atoms with E-state index in [4.69, 9.17) is 9.97 Å². The molecule has 0 aliphatic carbocycles. The normalized spacial score (nSPS) is 13.6. The first-order valence-electron chi connectivity index (χ1n) is 19.1. The highest BCUT2D eigenvalue weighted by Gasteiger charge is 2.49. The number of pyridine rings is 2. The van der Waals surface area contributed by atoms with Crippen molar-refractivity contribution in [1.82, 2.24) is 9.97 Å². The molecule has 0 fully saturated rings. The molecule has 256 valence electrons. The first-order valence-corrected chi connectivity index (χ1v) is 19.1. The molecule has 0 saturated carbocycles. The fourth-order valence-corrected chi connectivity index (χ4v) is 10.6. The van der Waals surface area contributed by atoms with Gasteiger partial charge in [-0.3, -0.25) is 9.80 Å². The van der Waals surface area contributed by atoms with Crippen LogP contribution in [0.1, 0.15) is 33.4 Å². The summed E-state index contributed by atoms with van der Waals surface area (Å²) in [6, 6.07) is 41.0. The number of hydrogen-bond donors (Lipinski definition) is 0. The van der Waals surface area contributed by atoms with Gasteiger partial charge in [0.1, 0.15) is 11.6 Å². The van der Waals surface area contributed by atoms with Crippen molar-refractivity contribution >= 4 is 102 Å². The van der Waals surface area contributed by atoms with Crippen molar-refractivity contribution < 1.29 is 0 Å². The molecule has 0 atom stereocenters. The predicted molar refractivity (Wildman–Crippen MR) is 231 cm³/mol. The number of aromatic nitrogens is 2. The summed E-state index contributed by atoms with van der Waals surface area (Å²) >= 11 is 0. The molecule has 0 unspecified atom stereocenters. The summed E-state index contributed by atoms with van der Waals surface area (Å²) in [5.41, 5.74) is 20.3. The molecule has 3 aliphatic rings. The fraction of sp³-hybridized carbons (Fsp3) is 0.125. The van der Waals surface area contributed by atoms with Gasteiger partial charge in [-0.15, -0.1) is 0 Å². The van der Waals surface area contributed by atoms with Gasteiger partial charge in [0, 0.05) is 12.4 Å². The zero-order chi connectivity index (χ0) is 36.6. The molecule has 0 N–H and O–H groups in total. The van der Waals surface area contributed by atoms with Gasteiger partial charge in [0.2, 0.25) is 13.4 Å². The standard InChI is InChI=1S/C48H38B2N4/c1-27-21-29(3)41(30(4)22-27)49-37-17-11-19-51-47(37)53-40-26-34-14-8-10-16-36(34)44-46(40)54(39-25-33-13-7-9-15-35(33)43(49)45(39)53)48-38(18-12-20-52-48)50(44)42-31(5)23-28(2)24-32(42)6/h7-26H,1-6H3.